The Labute approximate surface area is 256 Å². The van der Waals surface area contributed by atoms with Gasteiger partial charge < -0.3 is 14.1 Å². The maximum absolute atomic E-state index is 13.8. The van der Waals surface area contributed by atoms with Crippen LogP contribution in [0.15, 0.2) is 40.8 Å². The number of unbranched alkanes of at least 4 members (excludes halogenated alkanes) is 3. The molecule has 1 aromatic heterocycles. The fraction of sp³-hybridized carbons (Fsp3) is 0.516. The molecule has 0 unspecified atom stereocenters. The van der Waals surface area contributed by atoms with Crippen molar-refractivity contribution < 1.29 is 22.4 Å². The van der Waals surface area contributed by atoms with Crippen molar-refractivity contribution in [1.82, 2.24) is 4.90 Å². The molecule has 2 aromatic carbocycles. The maximum Gasteiger partial charge on any atom is 0.229 e. The molecule has 3 aromatic rings. The highest BCUT2D eigenvalue weighted by Gasteiger charge is 2.23. The molecule has 10 heteroatoms. The summed E-state index contributed by atoms with van der Waals surface area (Å²) in [5, 5.41) is 0.943. The van der Waals surface area contributed by atoms with Gasteiger partial charge in [0.05, 0.1) is 23.4 Å². The van der Waals surface area contributed by atoms with Gasteiger partial charge in [-0.25, -0.2) is 8.42 Å². The van der Waals surface area contributed by atoms with Crippen LogP contribution in [0.1, 0.15) is 87.4 Å². The normalized spacial score (nSPS) is 11.6. The first kappa shape index (κ1) is 34.9. The Morgan fingerprint density at radius 1 is 0.951 bits per heavy atom. The number of furan rings is 1. The molecular weight excluding hydrogens is 583 g/mol. The molecule has 0 saturated heterocycles. The van der Waals surface area contributed by atoms with E-state index < -0.39 is 10.0 Å². The summed E-state index contributed by atoms with van der Waals surface area (Å²) in [5.41, 5.74) is 1.76. The van der Waals surface area contributed by atoms with Crippen LogP contribution in [-0.4, -0.2) is 51.6 Å². The fourth-order valence-electron chi connectivity index (χ4n) is 4.66. The van der Waals surface area contributed by atoms with Gasteiger partial charge in [0, 0.05) is 29.6 Å². The largest absolute Gasteiger partial charge is 0.492 e. The zero-order valence-electron chi connectivity index (χ0n) is 24.6. The predicted octanol–water partition coefficient (Wildman–Crippen LogP) is 8.12. The van der Waals surface area contributed by atoms with Gasteiger partial charge in [0.1, 0.15) is 17.1 Å². The number of ketones is 1. The van der Waals surface area contributed by atoms with Crippen LogP contribution in [0.25, 0.3) is 11.0 Å². The van der Waals surface area contributed by atoms with Crippen molar-refractivity contribution in [3.05, 3.63) is 58.3 Å². The van der Waals surface area contributed by atoms with Crippen molar-refractivity contribution in [2.75, 3.05) is 37.2 Å². The molecule has 0 amide bonds. The van der Waals surface area contributed by atoms with Gasteiger partial charge in [-0.1, -0.05) is 51.6 Å². The van der Waals surface area contributed by atoms with E-state index in [9.17, 15) is 13.2 Å². The number of anilines is 1. The smallest absolute Gasteiger partial charge is 0.229 e. The van der Waals surface area contributed by atoms with Crippen molar-refractivity contribution in [2.24, 2.45) is 0 Å². The van der Waals surface area contributed by atoms with E-state index in [-0.39, 0.29) is 18.2 Å². The second-order valence-electron chi connectivity index (χ2n) is 10.3. The molecule has 0 radical (unpaired) electrons. The lowest BCUT2D eigenvalue weighted by Gasteiger charge is -2.22. The van der Waals surface area contributed by atoms with Gasteiger partial charge in [-0.3, -0.25) is 9.52 Å². The molecule has 1 heterocycles. The summed E-state index contributed by atoms with van der Waals surface area (Å²) in [7, 11) is -3.47. The Balaban J connectivity index is 0.00000588. The van der Waals surface area contributed by atoms with Crippen LogP contribution in [0.4, 0.5) is 5.69 Å². The predicted molar refractivity (Wildman–Crippen MR) is 172 cm³/mol. The van der Waals surface area contributed by atoms with Gasteiger partial charge in [-0.05, 0) is 75.2 Å². The number of nitrogens with one attached hydrogen (secondary N) is 1. The second kappa shape index (κ2) is 17.0. The quantitative estimate of drug-likeness (QED) is 0.113. The first-order valence-corrected chi connectivity index (χ1v) is 16.7. The van der Waals surface area contributed by atoms with E-state index in [1.54, 1.807) is 36.4 Å². The molecule has 0 saturated carbocycles. The summed E-state index contributed by atoms with van der Waals surface area (Å²) in [4.78, 5) is 16.3. The van der Waals surface area contributed by atoms with Crippen LogP contribution in [0.2, 0.25) is 5.02 Å². The molecule has 0 aliphatic heterocycles. The number of hydrogen-bond acceptors (Lipinski definition) is 6. The number of benzene rings is 2. The number of nitrogens with zero attached hydrogens (tertiary/aromatic N) is 1. The molecule has 41 heavy (non-hydrogen) atoms. The molecule has 1 N–H and O–H groups in total. The molecule has 0 bridgehead atoms. The van der Waals surface area contributed by atoms with Crippen LogP contribution in [0.5, 0.6) is 5.75 Å². The monoisotopic (exact) mass is 626 g/mol. The van der Waals surface area contributed by atoms with Crippen molar-refractivity contribution >= 4 is 56.5 Å². The highest BCUT2D eigenvalue weighted by molar-refractivity contribution is 7.92. The highest BCUT2D eigenvalue weighted by Crippen LogP contribution is 2.33. The van der Waals surface area contributed by atoms with Gasteiger partial charge in [0.15, 0.2) is 5.78 Å². The lowest BCUT2D eigenvalue weighted by Crippen LogP contribution is -2.28. The average molecular weight is 628 g/mol. The fourth-order valence-corrected chi connectivity index (χ4v) is 5.45. The van der Waals surface area contributed by atoms with E-state index in [0.29, 0.717) is 57.3 Å². The minimum Gasteiger partial charge on any atom is -0.492 e. The zero-order valence-corrected chi connectivity index (χ0v) is 27.0. The van der Waals surface area contributed by atoms with Crippen LogP contribution >= 0.6 is 24.0 Å². The third-order valence-electron chi connectivity index (χ3n) is 6.77. The summed E-state index contributed by atoms with van der Waals surface area (Å²) in [6, 6.07) is 10.1. The van der Waals surface area contributed by atoms with Crippen LogP contribution < -0.4 is 9.46 Å². The number of sulfonamides is 1. The van der Waals surface area contributed by atoms with Crippen LogP contribution in [0, 0.1) is 0 Å². The number of fused-ring (bicyclic) bond motifs is 1. The van der Waals surface area contributed by atoms with Gasteiger partial charge in [-0.15, -0.1) is 12.4 Å². The lowest BCUT2D eigenvalue weighted by molar-refractivity contribution is 0.103. The van der Waals surface area contributed by atoms with Gasteiger partial charge in [0.25, 0.3) is 0 Å². The first-order valence-electron chi connectivity index (χ1n) is 14.4. The van der Waals surface area contributed by atoms with Crippen molar-refractivity contribution in [2.45, 2.75) is 72.1 Å². The molecule has 0 aliphatic rings. The third kappa shape index (κ3) is 10.5. The summed E-state index contributed by atoms with van der Waals surface area (Å²) in [5.74, 6) is 0.914. The van der Waals surface area contributed by atoms with Gasteiger partial charge >= 0.3 is 0 Å². The summed E-state index contributed by atoms with van der Waals surface area (Å²) >= 11 is 6.57. The molecule has 0 atom stereocenters. The van der Waals surface area contributed by atoms with E-state index in [4.69, 9.17) is 20.8 Å². The van der Waals surface area contributed by atoms with E-state index >= 15 is 0 Å². The van der Waals surface area contributed by atoms with Crippen molar-refractivity contribution in [3.63, 3.8) is 0 Å². The van der Waals surface area contributed by atoms with Gasteiger partial charge in [-0.2, -0.15) is 0 Å². The van der Waals surface area contributed by atoms with Crippen LogP contribution in [0.3, 0.4) is 0 Å². The number of aryl methyl sites for hydroxylation is 1. The minimum atomic E-state index is -3.47. The standard InChI is InChI=1S/C31H43ClN2O5S.ClH/c1-5-8-12-29-30(25-22-24(33-40(4,36)37)14-16-27(25)39-29)31(35)23-13-15-28(26(32)21-23)38-20-11-19-34(17-9-6-2)18-10-7-3;/h13-16,21-22,33H,5-12,17-20H2,1-4H3;1H. The Morgan fingerprint density at radius 2 is 1.61 bits per heavy atom. The number of hydrogen-bond donors (Lipinski definition) is 1. The van der Waals surface area contributed by atoms with Crippen molar-refractivity contribution in [3.8, 4) is 5.75 Å². The molecule has 7 nitrogen and oxygen atoms in total. The zero-order chi connectivity index (χ0) is 29.1. The van der Waals surface area contributed by atoms with E-state index in [1.165, 1.54) is 25.7 Å². The first-order chi connectivity index (χ1) is 19.2. The Kier molecular flexibility index (Phi) is 14.5. The summed E-state index contributed by atoms with van der Waals surface area (Å²) in [6.07, 6.45) is 9.17. The summed E-state index contributed by atoms with van der Waals surface area (Å²) < 4.78 is 38.1. The Bertz CT molecular complexity index is 1370. The van der Waals surface area contributed by atoms with Crippen LogP contribution in [-0.2, 0) is 16.4 Å². The van der Waals surface area contributed by atoms with E-state index in [2.05, 4.69) is 30.4 Å². The Hall–Kier alpha value is -2.26. The number of carbonyl (C=O) groups excluding carboxylic acids is 1. The molecular formula is C31H44Cl2N2O5S. The topological polar surface area (TPSA) is 88.8 Å². The minimum absolute atomic E-state index is 0. The lowest BCUT2D eigenvalue weighted by atomic mass is 9.98. The summed E-state index contributed by atoms with van der Waals surface area (Å²) in [6.45, 7) is 10.3. The molecule has 0 aliphatic carbocycles. The molecule has 0 spiro atoms. The number of ether oxygens (including phenoxy) is 1. The molecule has 3 rings (SSSR count). The van der Waals surface area contributed by atoms with Crippen molar-refractivity contribution in [1.29, 1.82) is 0 Å². The molecule has 0 fully saturated rings. The maximum atomic E-state index is 13.8. The second-order valence-corrected chi connectivity index (χ2v) is 12.5. The van der Waals surface area contributed by atoms with Gasteiger partial charge in [0.2, 0.25) is 10.0 Å². The average Bonchev–Trinajstić information content (AvgIpc) is 3.27. The Morgan fingerprint density at radius 3 is 2.22 bits per heavy atom. The number of rotatable bonds is 18. The number of halogens is 2. The van der Waals surface area contributed by atoms with E-state index in [1.807, 2.05) is 0 Å². The molecule has 228 valence electrons. The highest BCUT2D eigenvalue weighted by atomic mass is 35.5. The third-order valence-corrected chi connectivity index (χ3v) is 7.68. The SMILES string of the molecule is CCCCc1oc2ccc(NS(C)(=O)=O)cc2c1C(=O)c1ccc(OCCCN(CCCC)CCCC)c(Cl)c1.Cl. The number of carbonyl (C=O) groups is 1. The van der Waals surface area contributed by atoms with E-state index in [0.717, 1.165) is 45.2 Å².